The van der Waals surface area contributed by atoms with E-state index in [1.165, 1.54) is 5.37 Å². The Hall–Kier alpha value is -3.16. The molecule has 5 unspecified atom stereocenters. The average Bonchev–Trinajstić information content (AvgIpc) is 3.35. The molecule has 0 bridgehead atoms. The van der Waals surface area contributed by atoms with Gasteiger partial charge in [0.15, 0.2) is 11.6 Å². The van der Waals surface area contributed by atoms with Crippen LogP contribution in [0.1, 0.15) is 46.5 Å². The fraction of sp³-hybridized carbons (Fsp3) is 0.533. The number of hydrogen-bond donors (Lipinski definition) is 4. The minimum absolute atomic E-state index is 0.144. The first-order valence-electron chi connectivity index (χ1n) is 14.3. The summed E-state index contributed by atoms with van der Waals surface area (Å²) in [6, 6.07) is 1.31. The molecule has 5 N–H and O–H groups in total. The predicted molar refractivity (Wildman–Crippen MR) is 167 cm³/mol. The predicted octanol–water partition coefficient (Wildman–Crippen LogP) is 2.09. The van der Waals surface area contributed by atoms with E-state index in [9.17, 15) is 4.79 Å². The number of methoxy groups -OCH3 is 1. The Bertz CT molecular complexity index is 1270. The quantitative estimate of drug-likeness (QED) is 0.179. The van der Waals surface area contributed by atoms with Crippen molar-refractivity contribution in [2.45, 2.75) is 65.2 Å². The van der Waals surface area contributed by atoms with Crippen LogP contribution in [0.15, 0.2) is 64.7 Å². The highest BCUT2D eigenvalue weighted by Gasteiger charge is 2.43. The molecule has 3 aliphatic heterocycles. The number of thiocarbonyl (C=S) groups is 1. The Morgan fingerprint density at radius 1 is 1.26 bits per heavy atom. The van der Waals surface area contributed by atoms with E-state index >= 15 is 0 Å². The summed E-state index contributed by atoms with van der Waals surface area (Å²) in [6.45, 7) is 11.9. The lowest BCUT2D eigenvalue weighted by molar-refractivity contribution is -0.115. The van der Waals surface area contributed by atoms with Gasteiger partial charge in [0.1, 0.15) is 18.0 Å². The molecule has 1 aromatic heterocycles. The Morgan fingerprint density at radius 2 is 1.93 bits per heavy atom. The first kappa shape index (κ1) is 31.8. The Kier molecular flexibility index (Phi) is 10.5. The number of ether oxygens (including phenoxy) is 2. The summed E-state index contributed by atoms with van der Waals surface area (Å²) in [6.07, 6.45) is 7.59. The molecule has 2 fully saturated rings. The van der Waals surface area contributed by atoms with Crippen LogP contribution in [0.3, 0.4) is 0 Å². The van der Waals surface area contributed by atoms with Crippen LogP contribution in [0.4, 0.5) is 0 Å². The summed E-state index contributed by atoms with van der Waals surface area (Å²) in [4.78, 5) is 27.1. The van der Waals surface area contributed by atoms with Crippen LogP contribution < -0.4 is 21.7 Å². The molecule has 0 spiro atoms. The van der Waals surface area contributed by atoms with Crippen molar-refractivity contribution in [1.82, 2.24) is 35.7 Å². The number of hydrogen-bond acceptors (Lipinski definition) is 12. The molecular formula is C30H44N8O3S. The van der Waals surface area contributed by atoms with Crippen molar-refractivity contribution >= 4 is 23.4 Å². The van der Waals surface area contributed by atoms with Crippen LogP contribution in [0, 0.1) is 5.92 Å². The molecule has 1 aromatic rings. The lowest BCUT2D eigenvalue weighted by Crippen LogP contribution is -2.62. The summed E-state index contributed by atoms with van der Waals surface area (Å²) in [5.41, 5.74) is 9.51. The minimum Gasteiger partial charge on any atom is -0.398 e. The molecule has 4 heterocycles. The third-order valence-electron chi connectivity index (χ3n) is 7.86. The number of nitrogens with one attached hydrogen (secondary N) is 3. The Morgan fingerprint density at radius 3 is 2.52 bits per heavy atom. The highest BCUT2D eigenvalue weighted by Crippen LogP contribution is 2.33. The van der Waals surface area contributed by atoms with Crippen LogP contribution in [0.25, 0.3) is 0 Å². The maximum Gasteiger partial charge on any atom is 0.165 e. The second-order valence-corrected chi connectivity index (χ2v) is 11.5. The number of aromatic nitrogens is 2. The van der Waals surface area contributed by atoms with Crippen LogP contribution in [-0.2, 0) is 14.3 Å². The number of nitrogens with two attached hydrogens (primary N) is 1. The van der Waals surface area contributed by atoms with E-state index in [2.05, 4.69) is 69.6 Å². The van der Waals surface area contributed by atoms with Crippen molar-refractivity contribution in [3.05, 3.63) is 70.5 Å². The van der Waals surface area contributed by atoms with E-state index in [1.807, 2.05) is 6.92 Å². The zero-order valence-electron chi connectivity index (χ0n) is 25.5. The Balaban J connectivity index is 1.75. The van der Waals surface area contributed by atoms with Gasteiger partial charge in [0, 0.05) is 49.6 Å². The number of allylic oxidation sites excluding steroid dienone is 3. The van der Waals surface area contributed by atoms with Crippen molar-refractivity contribution in [2.24, 2.45) is 11.7 Å². The molecule has 3 aliphatic rings. The molecule has 0 saturated carbocycles. The number of morpholine rings is 1. The van der Waals surface area contributed by atoms with Gasteiger partial charge in [-0.2, -0.15) is 0 Å². The minimum atomic E-state index is -0.448. The molecule has 0 amide bonds. The normalized spacial score (nSPS) is 29.4. The molecule has 0 aliphatic carbocycles. The van der Waals surface area contributed by atoms with Gasteiger partial charge < -0.3 is 31.2 Å². The van der Waals surface area contributed by atoms with Crippen molar-refractivity contribution in [3.8, 4) is 0 Å². The summed E-state index contributed by atoms with van der Waals surface area (Å²) in [7, 11) is 3.73. The first-order valence-corrected chi connectivity index (χ1v) is 14.8. The molecule has 2 saturated heterocycles. The number of Topliss-reactive ketones (excluding diaryl/α,β-unsaturated/α-hetero) is 1. The lowest BCUT2D eigenvalue weighted by Gasteiger charge is -2.49. The molecular weight excluding hydrogens is 552 g/mol. The molecule has 0 radical (unpaired) electrons. The maximum absolute atomic E-state index is 13.5. The number of fused-ring (bicyclic) bond motifs is 1. The van der Waals surface area contributed by atoms with E-state index < -0.39 is 6.04 Å². The third-order valence-corrected chi connectivity index (χ3v) is 8.00. The van der Waals surface area contributed by atoms with Crippen LogP contribution in [0.2, 0.25) is 0 Å². The van der Waals surface area contributed by atoms with E-state index in [1.54, 1.807) is 38.6 Å². The zero-order chi connectivity index (χ0) is 30.6. The number of ketones is 1. The van der Waals surface area contributed by atoms with E-state index in [4.69, 9.17) is 27.4 Å². The van der Waals surface area contributed by atoms with Crippen molar-refractivity contribution < 1.29 is 14.3 Å². The van der Waals surface area contributed by atoms with E-state index in [-0.39, 0.29) is 42.8 Å². The third kappa shape index (κ3) is 6.90. The van der Waals surface area contributed by atoms with Crippen LogP contribution in [-0.4, -0.2) is 89.3 Å². The van der Waals surface area contributed by atoms with Gasteiger partial charge in [-0.25, -0.2) is 9.97 Å². The van der Waals surface area contributed by atoms with Gasteiger partial charge in [-0.05, 0) is 52.5 Å². The number of carbonyl (C=O) groups excluding carboxylic acids is 1. The topological polar surface area (TPSA) is 130 Å². The highest BCUT2D eigenvalue weighted by molar-refractivity contribution is 7.79. The fourth-order valence-electron chi connectivity index (χ4n) is 6.17. The molecule has 0 aromatic carbocycles. The molecule has 228 valence electrons. The highest BCUT2D eigenvalue weighted by atomic mass is 32.1. The standard InChI is InChI=1S/C30H44N8O3S/c1-17-13-23-29(37(6)30(17)38-14-18(2)41-19(3)15-38)36-28(35-23)25(21(5)39)26(20(4)22(31)9-12-42)34-24(16-40-7)27-32-10-8-11-33-27/h8-13,17-19,24,29-30,34-36H,14-16,31H2,1-7H3/t17?,18?,19?,24-,29?,30?/m1/s1. The van der Waals surface area contributed by atoms with Gasteiger partial charge in [-0.3, -0.25) is 14.6 Å². The second-order valence-electron chi connectivity index (χ2n) is 11.3. The molecule has 4 rings (SSSR count). The summed E-state index contributed by atoms with van der Waals surface area (Å²) in [5, 5.41) is 12.1. The largest absolute Gasteiger partial charge is 0.398 e. The zero-order valence-corrected chi connectivity index (χ0v) is 26.4. The summed E-state index contributed by atoms with van der Waals surface area (Å²) < 4.78 is 11.5. The van der Waals surface area contributed by atoms with Gasteiger partial charge in [-0.15, -0.1) is 0 Å². The Labute approximate surface area is 254 Å². The molecule has 12 heteroatoms. The van der Waals surface area contributed by atoms with Gasteiger partial charge in [-0.1, -0.05) is 25.2 Å². The summed E-state index contributed by atoms with van der Waals surface area (Å²) >= 11 is 5.04. The van der Waals surface area contributed by atoms with Crippen molar-refractivity contribution in [3.63, 3.8) is 0 Å². The van der Waals surface area contributed by atoms with Crippen LogP contribution in [0.5, 0.6) is 0 Å². The monoisotopic (exact) mass is 596 g/mol. The van der Waals surface area contributed by atoms with Crippen LogP contribution >= 0.6 is 12.2 Å². The molecule has 42 heavy (non-hydrogen) atoms. The number of likely N-dealkylation sites (N-methyl/N-ethyl adjacent to an activating group) is 1. The van der Waals surface area contributed by atoms with E-state index in [0.717, 1.165) is 18.8 Å². The lowest BCUT2D eigenvalue weighted by atomic mass is 9.97. The SMILES string of the molecule is COC[C@@H](NC(=C(C)C(N)=CC=S)C(C(C)=O)=C1NC2=CC(C)C(N3CC(C)OC(C)C3)N(C)C2N1)c1ncccn1. The van der Waals surface area contributed by atoms with E-state index in [0.29, 0.717) is 34.2 Å². The fourth-order valence-corrected chi connectivity index (χ4v) is 6.32. The van der Waals surface area contributed by atoms with Crippen molar-refractivity contribution in [1.29, 1.82) is 0 Å². The van der Waals surface area contributed by atoms with Gasteiger partial charge in [0.25, 0.3) is 0 Å². The number of rotatable bonds is 10. The van der Waals surface area contributed by atoms with Gasteiger partial charge in [0.2, 0.25) is 0 Å². The molecule has 11 nitrogen and oxygen atoms in total. The van der Waals surface area contributed by atoms with Gasteiger partial charge in [0.05, 0.1) is 41.9 Å². The molecule has 6 atom stereocenters. The van der Waals surface area contributed by atoms with Gasteiger partial charge >= 0.3 is 0 Å². The second kappa shape index (κ2) is 13.9. The summed E-state index contributed by atoms with van der Waals surface area (Å²) in [5.74, 6) is 1.23. The smallest absolute Gasteiger partial charge is 0.165 e. The maximum atomic E-state index is 13.5. The van der Waals surface area contributed by atoms with Crippen molar-refractivity contribution in [2.75, 3.05) is 33.9 Å². The first-order chi connectivity index (χ1) is 20.0. The average molecular weight is 597 g/mol. The number of carbonyl (C=O) groups is 1. The number of nitrogens with zero attached hydrogens (tertiary/aromatic N) is 4.